The zero-order chi connectivity index (χ0) is 16.2. The number of thiazole rings is 1. The number of pyridine rings is 1. The molecule has 116 valence electrons. The third kappa shape index (κ3) is 3.52. The van der Waals surface area contributed by atoms with Crippen LogP contribution in [0.4, 0.5) is 0 Å². The van der Waals surface area contributed by atoms with Gasteiger partial charge in [-0.3, -0.25) is 9.98 Å². The van der Waals surface area contributed by atoms with E-state index in [1.54, 1.807) is 42.5 Å². The zero-order valence-corrected chi connectivity index (χ0v) is 14.5. The second kappa shape index (κ2) is 7.08. The average molecular weight is 363 g/mol. The van der Waals surface area contributed by atoms with Gasteiger partial charge in [0.2, 0.25) is 4.80 Å². The molecule has 0 saturated carbocycles. The van der Waals surface area contributed by atoms with Crippen molar-refractivity contribution in [2.45, 2.75) is 0 Å². The third-order valence-corrected chi connectivity index (χ3v) is 4.58. The maximum atomic E-state index is 6.31. The first-order chi connectivity index (χ1) is 11.2. The van der Waals surface area contributed by atoms with Crippen molar-refractivity contribution in [1.29, 1.82) is 0 Å². The molecule has 2 aromatic heterocycles. The first-order valence-corrected chi connectivity index (χ1v) is 8.36. The maximum Gasteiger partial charge on any atom is 0.205 e. The largest absolute Gasteiger partial charge is 0.265 e. The van der Waals surface area contributed by atoms with E-state index in [1.807, 2.05) is 23.6 Å². The molecule has 0 N–H and O–H groups in total. The molecule has 0 atom stereocenters. The second-order valence-electron chi connectivity index (χ2n) is 4.59. The first kappa shape index (κ1) is 15.9. The van der Waals surface area contributed by atoms with Crippen molar-refractivity contribution >= 4 is 40.8 Å². The van der Waals surface area contributed by atoms with Gasteiger partial charge in [0.25, 0.3) is 0 Å². The summed E-state index contributed by atoms with van der Waals surface area (Å²) in [5.74, 6) is 0. The van der Waals surface area contributed by atoms with Gasteiger partial charge in [-0.25, -0.2) is 4.68 Å². The van der Waals surface area contributed by atoms with Crippen LogP contribution in [0, 0.1) is 0 Å². The van der Waals surface area contributed by atoms with Crippen LogP contribution in [0.3, 0.4) is 0 Å². The fourth-order valence-electron chi connectivity index (χ4n) is 2.02. The van der Waals surface area contributed by atoms with Crippen LogP contribution in [0.15, 0.2) is 58.2 Å². The molecule has 0 aliphatic heterocycles. The highest BCUT2D eigenvalue weighted by Crippen LogP contribution is 2.30. The molecule has 23 heavy (non-hydrogen) atoms. The van der Waals surface area contributed by atoms with Crippen molar-refractivity contribution in [2.75, 3.05) is 7.05 Å². The van der Waals surface area contributed by atoms with Gasteiger partial charge in [0.05, 0.1) is 16.9 Å². The molecule has 0 fully saturated rings. The molecule has 3 aromatic rings. The Balaban J connectivity index is 2.12. The van der Waals surface area contributed by atoms with Gasteiger partial charge in [-0.05, 0) is 35.9 Å². The number of hydrogen-bond donors (Lipinski definition) is 0. The summed E-state index contributed by atoms with van der Waals surface area (Å²) in [5.41, 5.74) is 2.61. The summed E-state index contributed by atoms with van der Waals surface area (Å²) in [6, 6.07) is 9.12. The minimum absolute atomic E-state index is 0.614. The van der Waals surface area contributed by atoms with Crippen LogP contribution in [-0.4, -0.2) is 22.9 Å². The molecule has 0 unspecified atom stereocenters. The maximum absolute atomic E-state index is 6.31. The van der Waals surface area contributed by atoms with E-state index in [4.69, 9.17) is 23.2 Å². The number of nitrogens with zero attached hydrogens (tertiary/aromatic N) is 4. The van der Waals surface area contributed by atoms with Gasteiger partial charge in [-0.15, -0.1) is 11.3 Å². The van der Waals surface area contributed by atoms with Gasteiger partial charge in [0.15, 0.2) is 0 Å². The van der Waals surface area contributed by atoms with Crippen molar-refractivity contribution in [3.05, 3.63) is 68.5 Å². The van der Waals surface area contributed by atoms with Crippen molar-refractivity contribution < 1.29 is 0 Å². The molecular weight excluding hydrogens is 351 g/mol. The molecule has 0 aliphatic rings. The fourth-order valence-corrected chi connectivity index (χ4v) is 3.20. The van der Waals surface area contributed by atoms with Gasteiger partial charge in [-0.1, -0.05) is 23.2 Å². The van der Waals surface area contributed by atoms with Crippen molar-refractivity contribution in [1.82, 2.24) is 9.66 Å². The number of hydrogen-bond acceptors (Lipinski definition) is 4. The van der Waals surface area contributed by atoms with Crippen LogP contribution in [0.2, 0.25) is 10.0 Å². The molecule has 2 heterocycles. The summed E-state index contributed by atoms with van der Waals surface area (Å²) >= 11 is 13.9. The summed E-state index contributed by atoms with van der Waals surface area (Å²) < 4.78 is 1.75. The van der Waals surface area contributed by atoms with E-state index in [-0.39, 0.29) is 0 Å². The van der Waals surface area contributed by atoms with E-state index in [9.17, 15) is 0 Å². The highest BCUT2D eigenvalue weighted by atomic mass is 35.5. The quantitative estimate of drug-likeness (QED) is 0.639. The standard InChI is InChI=1S/C16H12Cl2N4S/c1-19-16-22(21-9-11-4-6-20-7-5-11)15(10-23-16)13-8-12(17)2-3-14(13)18/h2-10H,1H3. The normalized spacial score (nSPS) is 12.2. The van der Waals surface area contributed by atoms with Crippen LogP contribution >= 0.6 is 34.5 Å². The Labute approximate surface area is 147 Å². The van der Waals surface area contributed by atoms with E-state index < -0.39 is 0 Å². The van der Waals surface area contributed by atoms with Crippen molar-refractivity contribution in [3.8, 4) is 11.3 Å². The van der Waals surface area contributed by atoms with Gasteiger partial charge in [0.1, 0.15) is 0 Å². The molecule has 7 heteroatoms. The Morgan fingerprint density at radius 3 is 2.70 bits per heavy atom. The zero-order valence-electron chi connectivity index (χ0n) is 12.1. The Hall–Kier alpha value is -1.95. The number of rotatable bonds is 3. The Morgan fingerprint density at radius 2 is 1.96 bits per heavy atom. The van der Waals surface area contributed by atoms with Crippen LogP contribution in [0.1, 0.15) is 5.56 Å². The van der Waals surface area contributed by atoms with Gasteiger partial charge >= 0.3 is 0 Å². The fraction of sp³-hybridized carbons (Fsp3) is 0.0625. The smallest absolute Gasteiger partial charge is 0.205 e. The first-order valence-electron chi connectivity index (χ1n) is 6.72. The van der Waals surface area contributed by atoms with Crippen LogP contribution in [0.5, 0.6) is 0 Å². The lowest BCUT2D eigenvalue weighted by Crippen LogP contribution is -2.11. The number of benzene rings is 1. The van der Waals surface area contributed by atoms with Crippen molar-refractivity contribution in [3.63, 3.8) is 0 Å². The highest BCUT2D eigenvalue weighted by molar-refractivity contribution is 7.07. The molecule has 4 nitrogen and oxygen atoms in total. The van der Waals surface area contributed by atoms with Gasteiger partial charge in [0, 0.05) is 35.4 Å². The predicted molar refractivity (Wildman–Crippen MR) is 96.5 cm³/mol. The highest BCUT2D eigenvalue weighted by Gasteiger charge is 2.11. The SMILES string of the molecule is CN=c1scc(-c2cc(Cl)ccc2Cl)n1N=Cc1ccncc1. The van der Waals surface area contributed by atoms with Crippen LogP contribution in [-0.2, 0) is 0 Å². The van der Waals surface area contributed by atoms with Crippen molar-refractivity contribution in [2.24, 2.45) is 10.1 Å². The Morgan fingerprint density at radius 1 is 1.17 bits per heavy atom. The molecule has 0 spiro atoms. The second-order valence-corrected chi connectivity index (χ2v) is 6.27. The summed E-state index contributed by atoms with van der Waals surface area (Å²) in [6.07, 6.45) is 5.20. The van der Waals surface area contributed by atoms with E-state index in [0.717, 1.165) is 21.6 Å². The number of halogens is 2. The minimum atomic E-state index is 0.614. The third-order valence-electron chi connectivity index (χ3n) is 3.11. The monoisotopic (exact) mass is 362 g/mol. The van der Waals surface area contributed by atoms with E-state index in [2.05, 4.69) is 15.1 Å². The summed E-state index contributed by atoms with van der Waals surface area (Å²) in [4.78, 5) is 9.02. The van der Waals surface area contributed by atoms with Gasteiger partial charge < -0.3 is 0 Å². The molecule has 0 amide bonds. The molecule has 0 saturated heterocycles. The summed E-state index contributed by atoms with van der Waals surface area (Å²) in [6.45, 7) is 0. The molecular formula is C16H12Cl2N4S. The minimum Gasteiger partial charge on any atom is -0.265 e. The Bertz CT molecular complexity index is 913. The van der Waals surface area contributed by atoms with Gasteiger partial charge in [-0.2, -0.15) is 5.10 Å². The molecule has 0 aliphatic carbocycles. The summed E-state index contributed by atoms with van der Waals surface area (Å²) in [5, 5.41) is 7.73. The van der Waals surface area contributed by atoms with E-state index in [1.165, 1.54) is 11.3 Å². The predicted octanol–water partition coefficient (Wildman–Crippen LogP) is 4.33. The molecule has 3 rings (SSSR count). The molecule has 1 aromatic carbocycles. The Kier molecular flexibility index (Phi) is 4.91. The van der Waals surface area contributed by atoms with E-state index >= 15 is 0 Å². The van der Waals surface area contributed by atoms with E-state index in [0.29, 0.717) is 10.0 Å². The van der Waals surface area contributed by atoms with Crippen LogP contribution < -0.4 is 4.80 Å². The molecule has 0 radical (unpaired) electrons. The number of aromatic nitrogens is 2. The summed E-state index contributed by atoms with van der Waals surface area (Å²) in [7, 11) is 1.73. The topological polar surface area (TPSA) is 42.5 Å². The average Bonchev–Trinajstić information content (AvgIpc) is 2.99. The lowest BCUT2D eigenvalue weighted by Gasteiger charge is -2.06. The lowest BCUT2D eigenvalue weighted by atomic mass is 10.2. The lowest BCUT2D eigenvalue weighted by molar-refractivity contribution is 0.848. The van der Waals surface area contributed by atoms with Crippen LogP contribution in [0.25, 0.3) is 11.3 Å². The molecule has 0 bridgehead atoms.